The quantitative estimate of drug-likeness (QED) is 0.498. The zero-order valence-electron chi connectivity index (χ0n) is 16.6. The molecule has 1 saturated heterocycles. The molecule has 2 unspecified atom stereocenters. The first-order valence-corrected chi connectivity index (χ1v) is 9.82. The number of hydrogen-bond acceptors (Lipinski definition) is 6. The van der Waals surface area contributed by atoms with Gasteiger partial charge in [0.05, 0.1) is 6.04 Å². The van der Waals surface area contributed by atoms with Crippen molar-refractivity contribution in [2.24, 2.45) is 5.73 Å². The minimum atomic E-state index is -0.969. The predicted octanol–water partition coefficient (Wildman–Crippen LogP) is 1.32. The third-order valence-corrected chi connectivity index (χ3v) is 4.70. The SMILES string of the molecule is CCCCC(=O)N(C=O)OC(=O)NC1CCCN1C(=O)C(N)Cc1ccccc1. The molecule has 1 aliphatic heterocycles. The molecule has 9 heteroatoms. The van der Waals surface area contributed by atoms with Gasteiger partial charge >= 0.3 is 6.09 Å². The largest absolute Gasteiger partial charge is 0.433 e. The second kappa shape index (κ2) is 11.2. The van der Waals surface area contributed by atoms with E-state index in [0.29, 0.717) is 37.3 Å². The number of hydrogen-bond donors (Lipinski definition) is 2. The first-order chi connectivity index (χ1) is 14.0. The van der Waals surface area contributed by atoms with E-state index in [9.17, 15) is 19.2 Å². The lowest BCUT2D eigenvalue weighted by molar-refractivity contribution is -0.171. The van der Waals surface area contributed by atoms with Gasteiger partial charge in [0.15, 0.2) is 0 Å². The Kier molecular flexibility index (Phi) is 8.60. The number of unbranched alkanes of at least 4 members (excludes halogenated alkanes) is 1. The van der Waals surface area contributed by atoms with Gasteiger partial charge in [-0.05, 0) is 31.2 Å². The van der Waals surface area contributed by atoms with Gasteiger partial charge in [0, 0.05) is 13.0 Å². The molecule has 1 aromatic rings. The first-order valence-electron chi connectivity index (χ1n) is 9.82. The lowest BCUT2D eigenvalue weighted by Crippen LogP contribution is -2.53. The summed E-state index contributed by atoms with van der Waals surface area (Å²) in [5.74, 6) is -0.871. The zero-order valence-corrected chi connectivity index (χ0v) is 16.6. The van der Waals surface area contributed by atoms with Crippen LogP contribution in [0.4, 0.5) is 4.79 Å². The van der Waals surface area contributed by atoms with E-state index in [1.54, 1.807) is 0 Å². The summed E-state index contributed by atoms with van der Waals surface area (Å²) in [5.41, 5.74) is 7.02. The molecule has 0 saturated carbocycles. The molecule has 1 fully saturated rings. The molecule has 1 aromatic carbocycles. The van der Waals surface area contributed by atoms with Gasteiger partial charge in [-0.15, -0.1) is 5.06 Å². The van der Waals surface area contributed by atoms with Crippen LogP contribution in [0, 0.1) is 0 Å². The van der Waals surface area contributed by atoms with E-state index >= 15 is 0 Å². The number of imide groups is 1. The van der Waals surface area contributed by atoms with Gasteiger partial charge in [0.2, 0.25) is 5.91 Å². The first kappa shape index (κ1) is 22.4. The highest BCUT2D eigenvalue weighted by molar-refractivity contribution is 5.86. The van der Waals surface area contributed by atoms with Crippen LogP contribution in [0.2, 0.25) is 0 Å². The topological polar surface area (TPSA) is 122 Å². The number of nitrogens with two attached hydrogens (primary N) is 1. The van der Waals surface area contributed by atoms with Gasteiger partial charge < -0.3 is 15.5 Å². The molecule has 0 aromatic heterocycles. The fraction of sp³-hybridized carbons (Fsp3) is 0.500. The molecule has 29 heavy (non-hydrogen) atoms. The van der Waals surface area contributed by atoms with Crippen LogP contribution in [0.5, 0.6) is 0 Å². The minimum absolute atomic E-state index is 0.102. The molecule has 1 aliphatic rings. The Morgan fingerprint density at radius 3 is 2.72 bits per heavy atom. The number of hydroxylamine groups is 2. The highest BCUT2D eigenvalue weighted by Gasteiger charge is 2.33. The maximum atomic E-state index is 12.7. The van der Waals surface area contributed by atoms with Crippen molar-refractivity contribution in [2.75, 3.05) is 6.54 Å². The van der Waals surface area contributed by atoms with Crippen LogP contribution >= 0.6 is 0 Å². The highest BCUT2D eigenvalue weighted by atomic mass is 16.7. The predicted molar refractivity (Wildman–Crippen MR) is 105 cm³/mol. The molecule has 0 aliphatic carbocycles. The molecule has 158 valence electrons. The van der Waals surface area contributed by atoms with E-state index in [1.807, 2.05) is 37.3 Å². The van der Waals surface area contributed by atoms with Crippen LogP contribution in [0.3, 0.4) is 0 Å². The van der Waals surface area contributed by atoms with Crippen molar-refractivity contribution in [1.29, 1.82) is 0 Å². The molecule has 0 spiro atoms. The van der Waals surface area contributed by atoms with E-state index in [2.05, 4.69) is 5.32 Å². The summed E-state index contributed by atoms with van der Waals surface area (Å²) in [5, 5.41) is 2.92. The molecule has 3 N–H and O–H groups in total. The normalized spacial score (nSPS) is 16.8. The Morgan fingerprint density at radius 1 is 1.34 bits per heavy atom. The summed E-state index contributed by atoms with van der Waals surface area (Å²) >= 11 is 0. The van der Waals surface area contributed by atoms with E-state index in [-0.39, 0.29) is 18.7 Å². The lowest BCUT2D eigenvalue weighted by atomic mass is 10.1. The Labute approximate surface area is 170 Å². The van der Waals surface area contributed by atoms with Crippen molar-refractivity contribution in [3.63, 3.8) is 0 Å². The molecule has 9 nitrogen and oxygen atoms in total. The van der Waals surface area contributed by atoms with Crippen molar-refractivity contribution in [3.8, 4) is 0 Å². The van der Waals surface area contributed by atoms with Gasteiger partial charge in [-0.2, -0.15) is 0 Å². The fourth-order valence-corrected chi connectivity index (χ4v) is 3.17. The van der Waals surface area contributed by atoms with E-state index < -0.39 is 24.2 Å². The summed E-state index contributed by atoms with van der Waals surface area (Å²) in [6.45, 7) is 2.36. The van der Waals surface area contributed by atoms with Crippen LogP contribution < -0.4 is 11.1 Å². The van der Waals surface area contributed by atoms with E-state index in [0.717, 1.165) is 12.0 Å². The lowest BCUT2D eigenvalue weighted by Gasteiger charge is -2.28. The van der Waals surface area contributed by atoms with Gasteiger partial charge in [0.25, 0.3) is 12.3 Å². The number of rotatable bonds is 8. The summed E-state index contributed by atoms with van der Waals surface area (Å²) < 4.78 is 0. The van der Waals surface area contributed by atoms with Crippen LogP contribution in [0.15, 0.2) is 30.3 Å². The third-order valence-electron chi connectivity index (χ3n) is 4.70. The molecule has 2 atom stereocenters. The number of carbonyl (C=O) groups excluding carboxylic acids is 4. The molecular weight excluding hydrogens is 376 g/mol. The van der Waals surface area contributed by atoms with Crippen molar-refractivity contribution >= 4 is 24.3 Å². The number of nitrogens with zero attached hydrogens (tertiary/aromatic N) is 2. The Morgan fingerprint density at radius 2 is 2.07 bits per heavy atom. The maximum Gasteiger partial charge on any atom is 0.433 e. The smallest absolute Gasteiger partial charge is 0.321 e. The minimum Gasteiger partial charge on any atom is -0.321 e. The standard InChI is InChI=1S/C20H28N4O5/c1-2-3-11-18(26)24(14-25)29-20(28)22-17-10-7-12-23(17)19(27)16(21)13-15-8-5-4-6-9-15/h4-6,8-9,14,16-17H,2-3,7,10-13,21H2,1H3,(H,22,28). The Hall–Kier alpha value is -2.94. The average molecular weight is 404 g/mol. The number of carbonyl (C=O) groups is 4. The molecule has 1 heterocycles. The fourth-order valence-electron chi connectivity index (χ4n) is 3.17. The van der Waals surface area contributed by atoms with Crippen LogP contribution in [0.1, 0.15) is 44.6 Å². The third kappa shape index (κ3) is 6.56. The van der Waals surface area contributed by atoms with Gasteiger partial charge in [-0.25, -0.2) is 4.79 Å². The molecule has 0 radical (unpaired) electrons. The zero-order chi connectivity index (χ0) is 21.2. The summed E-state index contributed by atoms with van der Waals surface area (Å²) in [4.78, 5) is 54.0. The van der Waals surface area contributed by atoms with Crippen LogP contribution in [-0.4, -0.2) is 53.0 Å². The monoisotopic (exact) mass is 404 g/mol. The molecule has 2 rings (SSSR count). The Bertz CT molecular complexity index is 712. The molecule has 0 bridgehead atoms. The number of benzene rings is 1. The van der Waals surface area contributed by atoms with Gasteiger partial charge in [0.1, 0.15) is 6.17 Å². The summed E-state index contributed by atoms with van der Waals surface area (Å²) in [6, 6.07) is 8.70. The summed E-state index contributed by atoms with van der Waals surface area (Å²) in [6.07, 6.45) is 1.66. The highest BCUT2D eigenvalue weighted by Crippen LogP contribution is 2.17. The second-order valence-electron chi connectivity index (χ2n) is 6.94. The van der Waals surface area contributed by atoms with Crippen molar-refractivity contribution in [2.45, 2.75) is 57.7 Å². The van der Waals surface area contributed by atoms with Crippen LogP contribution in [-0.2, 0) is 25.6 Å². The van der Waals surface area contributed by atoms with Gasteiger partial charge in [-0.3, -0.25) is 19.7 Å². The number of nitrogens with one attached hydrogen (secondary N) is 1. The Balaban J connectivity index is 1.90. The summed E-state index contributed by atoms with van der Waals surface area (Å²) in [7, 11) is 0. The van der Waals surface area contributed by atoms with E-state index in [4.69, 9.17) is 10.6 Å². The van der Waals surface area contributed by atoms with Crippen molar-refractivity contribution < 1.29 is 24.0 Å². The van der Waals surface area contributed by atoms with Gasteiger partial charge in [-0.1, -0.05) is 43.7 Å². The van der Waals surface area contributed by atoms with Crippen molar-refractivity contribution in [3.05, 3.63) is 35.9 Å². The number of amides is 4. The second-order valence-corrected chi connectivity index (χ2v) is 6.94. The van der Waals surface area contributed by atoms with Crippen LogP contribution in [0.25, 0.3) is 0 Å². The van der Waals surface area contributed by atoms with E-state index in [1.165, 1.54) is 4.90 Å². The maximum absolute atomic E-state index is 12.7. The average Bonchev–Trinajstić information content (AvgIpc) is 3.18. The number of likely N-dealkylation sites (tertiary alicyclic amines) is 1. The molecular formula is C20H28N4O5. The molecule has 4 amide bonds. The van der Waals surface area contributed by atoms with Crippen molar-refractivity contribution in [1.82, 2.24) is 15.3 Å².